The highest BCUT2D eigenvalue weighted by molar-refractivity contribution is 7.86. The lowest BCUT2D eigenvalue weighted by molar-refractivity contribution is -0.118. The molecule has 0 heterocycles. The Hall–Kier alpha value is -1.07. The summed E-state index contributed by atoms with van der Waals surface area (Å²) in [4.78, 5) is 12.0. The van der Waals surface area contributed by atoms with Crippen molar-refractivity contribution in [2.24, 2.45) is 5.92 Å². The molecule has 1 aliphatic rings. The Morgan fingerprint density at radius 3 is 2.83 bits per heavy atom. The van der Waals surface area contributed by atoms with Crippen molar-refractivity contribution in [3.8, 4) is 0 Å². The van der Waals surface area contributed by atoms with Crippen molar-refractivity contribution in [2.45, 2.75) is 17.7 Å². The van der Waals surface area contributed by atoms with Crippen LogP contribution >= 0.6 is 11.6 Å². The lowest BCUT2D eigenvalue weighted by Gasteiger charge is -2.07. The second-order valence-corrected chi connectivity index (χ2v) is 6.28. The molecule has 1 aliphatic carbocycles. The van der Waals surface area contributed by atoms with Crippen molar-refractivity contribution in [1.82, 2.24) is 5.32 Å². The molecule has 3 N–H and O–H groups in total. The first-order valence-electron chi connectivity index (χ1n) is 5.76. The Labute approximate surface area is 113 Å². The van der Waals surface area contributed by atoms with Gasteiger partial charge in [-0.05, 0) is 37.0 Å². The van der Waals surface area contributed by atoms with Crippen molar-refractivity contribution >= 4 is 34.0 Å². The highest BCUT2D eigenvalue weighted by Crippen LogP contribution is 2.27. The number of rotatable bonds is 5. The van der Waals surface area contributed by atoms with Crippen LogP contribution in [0.5, 0.6) is 0 Å². The maximum atomic E-state index is 12.0. The smallest absolute Gasteiger partial charge is 0.233 e. The van der Waals surface area contributed by atoms with Crippen LogP contribution in [0.1, 0.15) is 12.8 Å². The van der Waals surface area contributed by atoms with E-state index in [-0.39, 0.29) is 11.7 Å². The monoisotopic (exact) mass is 286 g/mol. The fraction of sp³-hybridized carbons (Fsp3) is 0.417. The minimum absolute atomic E-state index is 0.0570. The van der Waals surface area contributed by atoms with E-state index < -0.39 is 10.8 Å². The van der Waals surface area contributed by atoms with Crippen molar-refractivity contribution in [3.05, 3.63) is 23.2 Å². The Morgan fingerprint density at radius 2 is 2.22 bits per heavy atom. The Morgan fingerprint density at radius 1 is 1.50 bits per heavy atom. The van der Waals surface area contributed by atoms with Crippen LogP contribution < -0.4 is 11.1 Å². The molecule has 0 radical (unpaired) electrons. The van der Waals surface area contributed by atoms with Gasteiger partial charge < -0.3 is 11.1 Å². The van der Waals surface area contributed by atoms with Gasteiger partial charge >= 0.3 is 0 Å². The fourth-order valence-electron chi connectivity index (χ4n) is 1.55. The van der Waals surface area contributed by atoms with E-state index in [0.29, 0.717) is 28.1 Å². The number of carbonyl (C=O) groups excluding carboxylic acids is 1. The lowest BCUT2D eigenvalue weighted by atomic mass is 10.3. The fourth-order valence-corrected chi connectivity index (χ4v) is 2.77. The third kappa shape index (κ3) is 3.71. The lowest BCUT2D eigenvalue weighted by Crippen LogP contribution is -2.30. The summed E-state index contributed by atoms with van der Waals surface area (Å²) in [6.07, 6.45) is 2.35. The number of halogens is 1. The Bertz CT molecular complexity index is 489. The summed E-state index contributed by atoms with van der Waals surface area (Å²) < 4.78 is 12.0. The predicted molar refractivity (Wildman–Crippen MR) is 72.9 cm³/mol. The molecule has 1 unspecified atom stereocenters. The molecular formula is C12H15ClN2O2S. The molecule has 1 atom stereocenters. The van der Waals surface area contributed by atoms with Crippen molar-refractivity contribution in [1.29, 1.82) is 0 Å². The average molecular weight is 287 g/mol. The summed E-state index contributed by atoms with van der Waals surface area (Å²) in [5, 5.41) is 3.27. The van der Waals surface area contributed by atoms with E-state index in [1.54, 1.807) is 12.1 Å². The molecule has 18 heavy (non-hydrogen) atoms. The van der Waals surface area contributed by atoms with Crippen LogP contribution in [0, 0.1) is 5.92 Å². The van der Waals surface area contributed by atoms with Crippen LogP contribution in [0.25, 0.3) is 0 Å². The van der Waals surface area contributed by atoms with Gasteiger partial charge in [-0.3, -0.25) is 9.00 Å². The number of nitrogens with two attached hydrogens (primary N) is 1. The van der Waals surface area contributed by atoms with Gasteiger partial charge in [0, 0.05) is 17.3 Å². The normalized spacial score (nSPS) is 16.3. The van der Waals surface area contributed by atoms with Crippen LogP contribution in [0.15, 0.2) is 23.1 Å². The predicted octanol–water partition coefficient (Wildman–Crippen LogP) is 1.56. The van der Waals surface area contributed by atoms with Gasteiger partial charge in [-0.25, -0.2) is 0 Å². The van der Waals surface area contributed by atoms with Gasteiger partial charge in [-0.2, -0.15) is 0 Å². The van der Waals surface area contributed by atoms with E-state index in [4.69, 9.17) is 17.3 Å². The molecule has 0 saturated heterocycles. The molecule has 98 valence electrons. The maximum Gasteiger partial charge on any atom is 0.233 e. The van der Waals surface area contributed by atoms with Gasteiger partial charge in [0.2, 0.25) is 5.91 Å². The minimum Gasteiger partial charge on any atom is -0.398 e. The quantitative estimate of drug-likeness (QED) is 0.807. The summed E-state index contributed by atoms with van der Waals surface area (Å²) >= 11 is 5.76. The summed E-state index contributed by atoms with van der Waals surface area (Å²) in [5.74, 6) is 0.357. The third-order valence-corrected chi connectivity index (χ3v) is 4.39. The van der Waals surface area contributed by atoms with E-state index >= 15 is 0 Å². The number of nitrogens with one attached hydrogen (secondary N) is 1. The molecule has 1 amide bonds. The van der Waals surface area contributed by atoms with E-state index in [1.807, 2.05) is 0 Å². The van der Waals surface area contributed by atoms with Crippen molar-refractivity contribution in [3.63, 3.8) is 0 Å². The number of carbonyl (C=O) groups is 1. The standard InChI is InChI=1S/C12H15ClN2O2S/c13-9-3-4-11(10(14)5-9)18(17)7-12(16)15-6-8-1-2-8/h3-5,8H,1-2,6-7,14H2,(H,15,16). The SMILES string of the molecule is Nc1cc(Cl)ccc1S(=O)CC(=O)NCC1CC1. The molecular weight excluding hydrogens is 272 g/mol. The Balaban J connectivity index is 1.91. The number of amides is 1. The highest BCUT2D eigenvalue weighted by Gasteiger charge is 2.22. The molecule has 0 aromatic heterocycles. The zero-order chi connectivity index (χ0) is 13.1. The highest BCUT2D eigenvalue weighted by atomic mass is 35.5. The van der Waals surface area contributed by atoms with Crippen LogP contribution in [0.3, 0.4) is 0 Å². The average Bonchev–Trinajstić information content (AvgIpc) is 3.09. The number of nitrogen functional groups attached to an aromatic ring is 1. The van der Waals surface area contributed by atoms with Gasteiger partial charge in [-0.1, -0.05) is 11.6 Å². The van der Waals surface area contributed by atoms with E-state index in [0.717, 1.165) is 0 Å². The number of hydrogen-bond acceptors (Lipinski definition) is 3. The van der Waals surface area contributed by atoms with Crippen molar-refractivity contribution in [2.75, 3.05) is 18.0 Å². The van der Waals surface area contributed by atoms with Gasteiger partial charge in [0.05, 0.1) is 15.7 Å². The minimum atomic E-state index is -1.42. The molecule has 1 fully saturated rings. The second kappa shape index (κ2) is 5.71. The first kappa shape index (κ1) is 13.4. The third-order valence-electron chi connectivity index (χ3n) is 2.76. The molecule has 1 aromatic carbocycles. The van der Waals surface area contributed by atoms with E-state index in [9.17, 15) is 9.00 Å². The maximum absolute atomic E-state index is 12.0. The largest absolute Gasteiger partial charge is 0.398 e. The molecule has 2 rings (SSSR count). The molecule has 6 heteroatoms. The van der Waals surface area contributed by atoms with Gasteiger partial charge in [0.15, 0.2) is 0 Å². The van der Waals surface area contributed by atoms with Crippen LogP contribution in [0.4, 0.5) is 5.69 Å². The molecule has 4 nitrogen and oxygen atoms in total. The molecule has 1 aromatic rings. The number of hydrogen-bond donors (Lipinski definition) is 2. The van der Waals surface area contributed by atoms with E-state index in [1.165, 1.54) is 18.9 Å². The number of anilines is 1. The van der Waals surface area contributed by atoms with Crippen LogP contribution in [-0.2, 0) is 15.6 Å². The molecule has 0 bridgehead atoms. The van der Waals surface area contributed by atoms with Gasteiger partial charge in [0.1, 0.15) is 5.75 Å². The van der Waals surface area contributed by atoms with E-state index in [2.05, 4.69) is 5.32 Å². The summed E-state index contributed by atoms with van der Waals surface area (Å²) in [5.41, 5.74) is 6.08. The zero-order valence-electron chi connectivity index (χ0n) is 9.82. The summed E-state index contributed by atoms with van der Waals surface area (Å²) in [6, 6.07) is 4.76. The molecule has 0 aliphatic heterocycles. The molecule has 0 spiro atoms. The summed E-state index contributed by atoms with van der Waals surface area (Å²) in [6.45, 7) is 0.687. The topological polar surface area (TPSA) is 72.2 Å². The number of benzene rings is 1. The van der Waals surface area contributed by atoms with Crippen LogP contribution in [0.2, 0.25) is 5.02 Å². The Kier molecular flexibility index (Phi) is 4.24. The first-order chi connectivity index (χ1) is 8.56. The van der Waals surface area contributed by atoms with Gasteiger partial charge in [-0.15, -0.1) is 0 Å². The summed E-state index contributed by atoms with van der Waals surface area (Å²) in [7, 11) is -1.42. The van der Waals surface area contributed by atoms with Gasteiger partial charge in [0.25, 0.3) is 0 Å². The second-order valence-electron chi connectivity index (χ2n) is 4.42. The van der Waals surface area contributed by atoms with Crippen LogP contribution in [-0.4, -0.2) is 22.4 Å². The first-order valence-corrected chi connectivity index (χ1v) is 7.46. The molecule has 1 saturated carbocycles. The van der Waals surface area contributed by atoms with Crippen molar-refractivity contribution < 1.29 is 9.00 Å². The zero-order valence-corrected chi connectivity index (χ0v) is 11.4.